The first-order chi connectivity index (χ1) is 8.92. The highest BCUT2D eigenvalue weighted by Crippen LogP contribution is 2.30. The van der Waals surface area contributed by atoms with Gasteiger partial charge in [0.05, 0.1) is 17.0 Å². The molecule has 0 spiro atoms. The highest BCUT2D eigenvalue weighted by atomic mass is 16.2. The van der Waals surface area contributed by atoms with Gasteiger partial charge in [-0.3, -0.25) is 19.3 Å². The molecule has 3 amide bonds. The average molecular weight is 258 g/mol. The summed E-state index contributed by atoms with van der Waals surface area (Å²) in [7, 11) is 0. The number of rotatable bonds is 2. The van der Waals surface area contributed by atoms with Gasteiger partial charge in [0.25, 0.3) is 11.8 Å². The molecule has 0 bridgehead atoms. The maximum Gasteiger partial charge on any atom is 0.261 e. The maximum atomic E-state index is 12.2. The van der Waals surface area contributed by atoms with Crippen molar-refractivity contribution < 1.29 is 14.4 Å². The van der Waals surface area contributed by atoms with E-state index in [4.69, 9.17) is 0 Å². The number of nitrogens with zero attached hydrogens (tertiary/aromatic N) is 1. The molecule has 0 unspecified atom stereocenters. The van der Waals surface area contributed by atoms with Crippen molar-refractivity contribution in [1.82, 2.24) is 10.2 Å². The van der Waals surface area contributed by atoms with Crippen molar-refractivity contribution in [2.45, 2.75) is 19.4 Å². The highest BCUT2D eigenvalue weighted by Gasteiger charge is 2.49. The Kier molecular flexibility index (Phi) is 2.29. The molecule has 2 heterocycles. The third-order valence-corrected chi connectivity index (χ3v) is 3.88. The van der Waals surface area contributed by atoms with E-state index in [1.54, 1.807) is 24.3 Å². The first-order valence-corrected chi connectivity index (χ1v) is 6.19. The molecule has 1 fully saturated rings. The lowest BCUT2D eigenvalue weighted by Gasteiger charge is -2.45. The van der Waals surface area contributed by atoms with Gasteiger partial charge in [-0.15, -0.1) is 0 Å². The van der Waals surface area contributed by atoms with Crippen LogP contribution in [0.5, 0.6) is 0 Å². The molecule has 19 heavy (non-hydrogen) atoms. The van der Waals surface area contributed by atoms with E-state index in [0.29, 0.717) is 11.1 Å². The zero-order chi connectivity index (χ0) is 13.8. The molecule has 0 aliphatic carbocycles. The largest absolute Gasteiger partial charge is 0.350 e. The summed E-state index contributed by atoms with van der Waals surface area (Å²) in [5.74, 6) is -1.07. The van der Waals surface area contributed by atoms with Crippen LogP contribution in [0.1, 0.15) is 34.6 Å². The molecule has 1 saturated heterocycles. The van der Waals surface area contributed by atoms with Crippen LogP contribution in [0.2, 0.25) is 0 Å². The molecule has 2 aliphatic heterocycles. The summed E-state index contributed by atoms with van der Waals surface area (Å²) in [6.45, 7) is 3.92. The number of fused-ring (bicyclic) bond motifs is 1. The van der Waals surface area contributed by atoms with E-state index in [1.165, 1.54) is 4.90 Å². The third-order valence-electron chi connectivity index (χ3n) is 3.88. The molecule has 2 aliphatic rings. The number of carbonyl (C=O) groups excluding carboxylic acids is 3. The summed E-state index contributed by atoms with van der Waals surface area (Å²) in [5.41, 5.74) is 0.474. The monoisotopic (exact) mass is 258 g/mol. The van der Waals surface area contributed by atoms with E-state index in [9.17, 15) is 14.4 Å². The Balaban J connectivity index is 1.87. The van der Waals surface area contributed by atoms with Crippen molar-refractivity contribution in [3.8, 4) is 0 Å². The van der Waals surface area contributed by atoms with Crippen LogP contribution in [0, 0.1) is 5.92 Å². The summed E-state index contributed by atoms with van der Waals surface area (Å²) in [6, 6.07) is 6.74. The van der Waals surface area contributed by atoms with E-state index < -0.39 is 0 Å². The summed E-state index contributed by atoms with van der Waals surface area (Å²) >= 11 is 0. The second-order valence-corrected chi connectivity index (χ2v) is 5.53. The van der Waals surface area contributed by atoms with E-state index in [-0.39, 0.29) is 35.7 Å². The van der Waals surface area contributed by atoms with Gasteiger partial charge in [0.2, 0.25) is 5.91 Å². The van der Waals surface area contributed by atoms with Crippen LogP contribution in [0.3, 0.4) is 0 Å². The van der Waals surface area contributed by atoms with Crippen molar-refractivity contribution >= 4 is 17.7 Å². The number of hydrogen-bond donors (Lipinski definition) is 1. The minimum absolute atomic E-state index is 0.110. The molecule has 5 nitrogen and oxygen atoms in total. The molecule has 1 N–H and O–H groups in total. The first-order valence-electron chi connectivity index (χ1n) is 6.19. The number of hydrogen-bond acceptors (Lipinski definition) is 3. The van der Waals surface area contributed by atoms with E-state index in [1.807, 2.05) is 13.8 Å². The normalized spacial score (nSPS) is 24.0. The summed E-state index contributed by atoms with van der Waals surface area (Å²) < 4.78 is 0. The maximum absolute atomic E-state index is 12.2. The Morgan fingerprint density at radius 1 is 1.11 bits per heavy atom. The summed E-state index contributed by atoms with van der Waals surface area (Å²) in [4.78, 5) is 37.1. The minimum Gasteiger partial charge on any atom is -0.350 e. The third kappa shape index (κ3) is 1.58. The zero-order valence-corrected chi connectivity index (χ0v) is 10.8. The molecule has 0 radical (unpaired) electrons. The van der Waals surface area contributed by atoms with Crippen LogP contribution in [0.25, 0.3) is 0 Å². The Morgan fingerprint density at radius 3 is 2.05 bits per heavy atom. The van der Waals surface area contributed by atoms with Crippen LogP contribution in [0.15, 0.2) is 24.3 Å². The zero-order valence-electron chi connectivity index (χ0n) is 10.8. The molecule has 0 aromatic heterocycles. The number of carbonyl (C=O) groups is 3. The number of amides is 3. The number of imide groups is 1. The van der Waals surface area contributed by atoms with Gasteiger partial charge >= 0.3 is 0 Å². The van der Waals surface area contributed by atoms with Crippen molar-refractivity contribution in [3.63, 3.8) is 0 Å². The van der Waals surface area contributed by atoms with Crippen LogP contribution in [0.4, 0.5) is 0 Å². The molecule has 1 atom stereocenters. The van der Waals surface area contributed by atoms with Crippen molar-refractivity contribution in [2.75, 3.05) is 6.54 Å². The predicted octanol–water partition coefficient (Wildman–Crippen LogP) is 0.807. The standard InChI is InChI=1S/C14H14N2O3/c1-14(2)10(11(17)15-14)7-16-12(18)8-5-3-4-6-9(8)13(16)19/h3-6,10H,7H2,1-2H3,(H,15,17)/t10-/m0/s1. The Bertz CT molecular complexity index is 571. The SMILES string of the molecule is CC1(C)NC(=O)[C@@H]1CN1C(=O)c2ccccc2C1=O. The van der Waals surface area contributed by atoms with Crippen LogP contribution < -0.4 is 5.32 Å². The van der Waals surface area contributed by atoms with Gasteiger partial charge in [-0.1, -0.05) is 12.1 Å². The molecule has 1 aromatic carbocycles. The quantitative estimate of drug-likeness (QED) is 0.630. The van der Waals surface area contributed by atoms with E-state index in [2.05, 4.69) is 5.32 Å². The molecule has 98 valence electrons. The fraction of sp³-hybridized carbons (Fsp3) is 0.357. The van der Waals surface area contributed by atoms with Gasteiger partial charge in [0.15, 0.2) is 0 Å². The van der Waals surface area contributed by atoms with Gasteiger partial charge in [-0.05, 0) is 26.0 Å². The number of benzene rings is 1. The van der Waals surface area contributed by atoms with Crippen molar-refractivity contribution in [2.24, 2.45) is 5.92 Å². The van der Waals surface area contributed by atoms with Crippen molar-refractivity contribution in [1.29, 1.82) is 0 Å². The molecular formula is C14H14N2O3. The van der Waals surface area contributed by atoms with Gasteiger partial charge in [0.1, 0.15) is 0 Å². The number of nitrogens with one attached hydrogen (secondary N) is 1. The van der Waals surface area contributed by atoms with Gasteiger partial charge in [0, 0.05) is 12.1 Å². The van der Waals surface area contributed by atoms with Crippen LogP contribution >= 0.6 is 0 Å². The van der Waals surface area contributed by atoms with Gasteiger partial charge < -0.3 is 5.32 Å². The first kappa shape index (κ1) is 11.9. The molecule has 5 heteroatoms. The lowest BCUT2D eigenvalue weighted by atomic mass is 9.78. The molecule has 0 saturated carbocycles. The molecular weight excluding hydrogens is 244 g/mol. The lowest BCUT2D eigenvalue weighted by molar-refractivity contribution is -0.140. The van der Waals surface area contributed by atoms with Crippen molar-refractivity contribution in [3.05, 3.63) is 35.4 Å². The summed E-state index contributed by atoms with van der Waals surface area (Å²) in [5, 5.41) is 2.77. The second kappa shape index (κ2) is 3.66. The predicted molar refractivity (Wildman–Crippen MR) is 67.5 cm³/mol. The highest BCUT2D eigenvalue weighted by molar-refractivity contribution is 6.21. The second-order valence-electron chi connectivity index (χ2n) is 5.53. The minimum atomic E-state index is -0.369. The van der Waals surface area contributed by atoms with Crippen LogP contribution in [-0.4, -0.2) is 34.7 Å². The number of β-lactam (4-membered cyclic amide) rings is 1. The molecule has 1 aromatic rings. The molecule has 3 rings (SSSR count). The fourth-order valence-corrected chi connectivity index (χ4v) is 2.64. The van der Waals surface area contributed by atoms with Gasteiger partial charge in [-0.25, -0.2) is 0 Å². The Hall–Kier alpha value is -2.17. The Labute approximate surface area is 110 Å². The van der Waals surface area contributed by atoms with Crippen LogP contribution in [-0.2, 0) is 4.79 Å². The topological polar surface area (TPSA) is 66.5 Å². The Morgan fingerprint density at radius 2 is 1.63 bits per heavy atom. The lowest BCUT2D eigenvalue weighted by Crippen LogP contribution is -2.68. The van der Waals surface area contributed by atoms with E-state index >= 15 is 0 Å². The summed E-state index contributed by atoms with van der Waals surface area (Å²) in [6.07, 6.45) is 0. The average Bonchev–Trinajstić information content (AvgIpc) is 2.60. The van der Waals surface area contributed by atoms with Gasteiger partial charge in [-0.2, -0.15) is 0 Å². The van der Waals surface area contributed by atoms with E-state index in [0.717, 1.165) is 0 Å². The fourth-order valence-electron chi connectivity index (χ4n) is 2.64. The smallest absolute Gasteiger partial charge is 0.261 e.